The van der Waals surface area contributed by atoms with Crippen LogP contribution in [0, 0.1) is 0 Å². The number of aryl methyl sites for hydroxylation is 1. The van der Waals surface area contributed by atoms with E-state index in [2.05, 4.69) is 16.7 Å². The average Bonchev–Trinajstić information content (AvgIpc) is 2.99. The first kappa shape index (κ1) is 20.7. The molecule has 0 amide bonds. The molecule has 0 atom stereocenters. The lowest BCUT2D eigenvalue weighted by molar-refractivity contribution is -0.150. The van der Waals surface area contributed by atoms with Gasteiger partial charge in [0.1, 0.15) is 5.60 Å². The highest BCUT2D eigenvalue weighted by Gasteiger charge is 2.26. The van der Waals surface area contributed by atoms with Crippen LogP contribution in [0.15, 0.2) is 40.9 Å². The van der Waals surface area contributed by atoms with Gasteiger partial charge in [0.05, 0.1) is 6.42 Å². The van der Waals surface area contributed by atoms with Gasteiger partial charge < -0.3 is 9.26 Å². The Morgan fingerprint density at radius 2 is 1.81 bits per heavy atom. The summed E-state index contributed by atoms with van der Waals surface area (Å²) in [6.45, 7) is 8.93. The summed E-state index contributed by atoms with van der Waals surface area (Å²) in [6.07, 6.45) is -5.09. The Morgan fingerprint density at radius 1 is 1.19 bits per heavy atom. The molecule has 0 aliphatic rings. The normalized spacial score (nSPS) is 12.1. The highest BCUT2D eigenvalue weighted by molar-refractivity contribution is 5.88. The van der Waals surface area contributed by atoms with Crippen molar-refractivity contribution in [3.63, 3.8) is 0 Å². The fraction of sp³-hybridized carbons (Fsp3) is 0.421. The predicted molar refractivity (Wildman–Crippen MR) is 92.8 cm³/mol. The smallest absolute Gasteiger partial charge is 0.389 e. The number of esters is 1. The Bertz CT molecular complexity index is 803. The summed E-state index contributed by atoms with van der Waals surface area (Å²) in [5, 5.41) is 3.83. The second-order valence-electron chi connectivity index (χ2n) is 7.11. The van der Waals surface area contributed by atoms with E-state index in [-0.39, 0.29) is 30.1 Å². The van der Waals surface area contributed by atoms with Crippen LogP contribution in [0.2, 0.25) is 0 Å². The van der Waals surface area contributed by atoms with Crippen LogP contribution in [0.3, 0.4) is 0 Å². The Kier molecular flexibility index (Phi) is 6.08. The molecule has 0 aliphatic heterocycles. The van der Waals surface area contributed by atoms with Gasteiger partial charge in [0.25, 0.3) is 0 Å². The minimum absolute atomic E-state index is 0.0472. The molecule has 0 N–H and O–H groups in total. The largest absolute Gasteiger partial charge is 0.457 e. The topological polar surface area (TPSA) is 65.2 Å². The fourth-order valence-corrected chi connectivity index (χ4v) is 2.16. The zero-order valence-electron chi connectivity index (χ0n) is 15.4. The van der Waals surface area contributed by atoms with E-state index in [0.717, 1.165) is 0 Å². The molecule has 5 nitrogen and oxygen atoms in total. The molecular weight excluding hydrogens is 361 g/mol. The summed E-state index contributed by atoms with van der Waals surface area (Å²) in [7, 11) is 0. The molecule has 2 aromatic rings. The summed E-state index contributed by atoms with van der Waals surface area (Å²) in [5.41, 5.74) is 0.720. The molecule has 1 aromatic heterocycles. The van der Waals surface area contributed by atoms with Crippen LogP contribution in [-0.2, 0) is 22.4 Å². The third-order valence-electron chi connectivity index (χ3n) is 3.43. The van der Waals surface area contributed by atoms with Crippen LogP contribution in [0.25, 0.3) is 11.4 Å². The molecule has 0 bridgehead atoms. The Morgan fingerprint density at radius 3 is 2.37 bits per heavy atom. The minimum Gasteiger partial charge on any atom is -0.457 e. The van der Waals surface area contributed by atoms with Crippen molar-refractivity contribution >= 4 is 5.97 Å². The molecule has 8 heteroatoms. The van der Waals surface area contributed by atoms with Crippen molar-refractivity contribution in [2.75, 3.05) is 0 Å². The molecule has 0 saturated heterocycles. The number of halogens is 3. The van der Waals surface area contributed by atoms with Crippen LogP contribution < -0.4 is 0 Å². The van der Waals surface area contributed by atoms with Gasteiger partial charge in [-0.3, -0.25) is 0 Å². The lowest BCUT2D eigenvalue weighted by Gasteiger charge is -2.19. The second kappa shape index (κ2) is 7.94. The van der Waals surface area contributed by atoms with Crippen molar-refractivity contribution in [1.82, 2.24) is 10.1 Å². The minimum atomic E-state index is -4.18. The van der Waals surface area contributed by atoms with Crippen molar-refractivity contribution in [3.8, 4) is 11.4 Å². The maximum Gasteiger partial charge on any atom is 0.389 e. The highest BCUT2D eigenvalue weighted by Crippen LogP contribution is 2.23. The van der Waals surface area contributed by atoms with Crippen LogP contribution in [0.5, 0.6) is 0 Å². The van der Waals surface area contributed by atoms with Crippen molar-refractivity contribution in [1.29, 1.82) is 0 Å². The molecule has 0 unspecified atom stereocenters. The van der Waals surface area contributed by atoms with Crippen LogP contribution in [-0.4, -0.2) is 27.9 Å². The summed E-state index contributed by atoms with van der Waals surface area (Å²) in [5.74, 6) is -0.0670. The molecule has 1 aromatic carbocycles. The molecule has 146 valence electrons. The first-order valence-corrected chi connectivity index (χ1v) is 8.33. The van der Waals surface area contributed by atoms with Crippen molar-refractivity contribution in [3.05, 3.63) is 47.9 Å². The van der Waals surface area contributed by atoms with Crippen molar-refractivity contribution < 1.29 is 27.2 Å². The number of benzene rings is 1. The van der Waals surface area contributed by atoms with E-state index < -0.39 is 24.2 Å². The Balaban J connectivity index is 1.99. The maximum atomic E-state index is 12.3. The summed E-state index contributed by atoms with van der Waals surface area (Å²) in [6, 6.07) is 6.44. The molecule has 2 rings (SSSR count). The quantitative estimate of drug-likeness (QED) is 0.536. The summed E-state index contributed by atoms with van der Waals surface area (Å²) in [4.78, 5) is 16.1. The molecule has 27 heavy (non-hydrogen) atoms. The monoisotopic (exact) mass is 382 g/mol. The van der Waals surface area contributed by atoms with E-state index in [9.17, 15) is 18.0 Å². The van der Waals surface area contributed by atoms with E-state index in [4.69, 9.17) is 9.26 Å². The number of aromatic nitrogens is 2. The molecule has 0 saturated carbocycles. The molecule has 0 spiro atoms. The molecule has 1 heterocycles. The van der Waals surface area contributed by atoms with E-state index in [0.29, 0.717) is 11.1 Å². The highest BCUT2D eigenvalue weighted by atomic mass is 19.4. The number of carbonyl (C=O) groups is 1. The second-order valence-corrected chi connectivity index (χ2v) is 7.11. The number of ether oxygens (including phenoxy) is 1. The summed E-state index contributed by atoms with van der Waals surface area (Å²) < 4.78 is 47.1. The van der Waals surface area contributed by atoms with Gasteiger partial charge in [-0.05, 0) is 32.8 Å². The van der Waals surface area contributed by atoms with Crippen molar-refractivity contribution in [2.45, 2.75) is 51.8 Å². The van der Waals surface area contributed by atoms with E-state index >= 15 is 0 Å². The number of rotatable bonds is 6. The third-order valence-corrected chi connectivity index (χ3v) is 3.43. The standard InChI is InChI=1S/C19H21F3N2O3/c1-12(17(25)26-18(2,3)4)11-15-23-16(24-27-15)14-7-5-13(6-8-14)9-10-19(20,21)22/h5-8H,1,9-11H2,2-4H3. The van der Waals surface area contributed by atoms with Crippen LogP contribution in [0.1, 0.15) is 38.6 Å². The van der Waals surface area contributed by atoms with Gasteiger partial charge in [-0.2, -0.15) is 18.2 Å². The maximum absolute atomic E-state index is 12.3. The van der Waals surface area contributed by atoms with Gasteiger partial charge in [0.2, 0.25) is 11.7 Å². The van der Waals surface area contributed by atoms with Gasteiger partial charge in [0.15, 0.2) is 0 Å². The molecule has 0 aliphatic carbocycles. The fourth-order valence-electron chi connectivity index (χ4n) is 2.16. The number of carbonyl (C=O) groups excluding carboxylic acids is 1. The number of nitrogens with zero attached hydrogens (tertiary/aromatic N) is 2. The molecule has 0 radical (unpaired) electrons. The Hall–Kier alpha value is -2.64. The van der Waals surface area contributed by atoms with E-state index in [1.807, 2.05) is 0 Å². The van der Waals surface area contributed by atoms with Gasteiger partial charge >= 0.3 is 12.1 Å². The first-order chi connectivity index (χ1) is 12.4. The number of hydrogen-bond donors (Lipinski definition) is 0. The Labute approximate surface area is 155 Å². The van der Waals surface area contributed by atoms with Gasteiger partial charge in [-0.25, -0.2) is 4.79 Å². The van der Waals surface area contributed by atoms with E-state index in [1.54, 1.807) is 45.0 Å². The third kappa shape index (κ3) is 6.88. The zero-order valence-corrected chi connectivity index (χ0v) is 15.4. The van der Waals surface area contributed by atoms with Gasteiger partial charge in [-0.1, -0.05) is 36.0 Å². The van der Waals surface area contributed by atoms with Crippen LogP contribution in [0.4, 0.5) is 13.2 Å². The molecule has 0 fully saturated rings. The molecular formula is C19H21F3N2O3. The average molecular weight is 382 g/mol. The van der Waals surface area contributed by atoms with Crippen molar-refractivity contribution in [2.24, 2.45) is 0 Å². The lowest BCUT2D eigenvalue weighted by Crippen LogP contribution is -2.25. The van der Waals surface area contributed by atoms with E-state index in [1.165, 1.54) is 0 Å². The number of alkyl halides is 3. The van der Waals surface area contributed by atoms with Gasteiger partial charge in [-0.15, -0.1) is 0 Å². The van der Waals surface area contributed by atoms with Crippen LogP contribution >= 0.6 is 0 Å². The van der Waals surface area contributed by atoms with Gasteiger partial charge in [0, 0.05) is 17.6 Å². The zero-order chi connectivity index (χ0) is 20.2. The summed E-state index contributed by atoms with van der Waals surface area (Å²) >= 11 is 0. The predicted octanol–water partition coefficient (Wildman–Crippen LogP) is 4.67. The number of hydrogen-bond acceptors (Lipinski definition) is 5. The first-order valence-electron chi connectivity index (χ1n) is 8.33. The lowest BCUT2D eigenvalue weighted by atomic mass is 10.1. The SMILES string of the molecule is C=C(Cc1nc(-c2ccc(CCC(F)(F)F)cc2)no1)C(=O)OC(C)(C)C.